The van der Waals surface area contributed by atoms with Gasteiger partial charge in [-0.1, -0.05) is 31.1 Å². The molecule has 0 aromatic carbocycles. The molecule has 24 heavy (non-hydrogen) atoms. The predicted octanol–water partition coefficient (Wildman–Crippen LogP) is 5.10. The van der Waals surface area contributed by atoms with Gasteiger partial charge in [-0.25, -0.2) is 0 Å². The van der Waals surface area contributed by atoms with Crippen molar-refractivity contribution in [3.63, 3.8) is 0 Å². The molecule has 0 saturated heterocycles. The van der Waals surface area contributed by atoms with Gasteiger partial charge in [0.05, 0.1) is 0 Å². The Morgan fingerprint density at radius 3 is 2.83 bits per heavy atom. The van der Waals surface area contributed by atoms with E-state index in [-0.39, 0.29) is 10.8 Å². The van der Waals surface area contributed by atoms with E-state index in [1.165, 1.54) is 18.4 Å². The zero-order valence-electron chi connectivity index (χ0n) is 15.0. The summed E-state index contributed by atoms with van der Waals surface area (Å²) in [5, 5.41) is 0. The third-order valence-electron chi connectivity index (χ3n) is 7.46. The van der Waals surface area contributed by atoms with Crippen LogP contribution in [0.2, 0.25) is 0 Å². The van der Waals surface area contributed by atoms with Crippen LogP contribution in [-0.4, -0.2) is 12.1 Å². The van der Waals surface area contributed by atoms with Gasteiger partial charge in [-0.2, -0.15) is 0 Å². The number of rotatable bonds is 3. The van der Waals surface area contributed by atoms with Gasteiger partial charge in [0.1, 0.15) is 6.29 Å². The maximum absolute atomic E-state index is 11.9. The van der Waals surface area contributed by atoms with Crippen molar-refractivity contribution in [3.8, 4) is 0 Å². The van der Waals surface area contributed by atoms with Gasteiger partial charge in [-0.05, 0) is 73.5 Å². The molecular formula is C22H28O2. The van der Waals surface area contributed by atoms with Crippen molar-refractivity contribution in [1.29, 1.82) is 0 Å². The lowest BCUT2D eigenvalue weighted by atomic mass is 9.56. The summed E-state index contributed by atoms with van der Waals surface area (Å²) in [4.78, 5) is 22.7. The molecule has 2 heteroatoms. The first-order chi connectivity index (χ1) is 11.5. The Labute approximate surface area is 145 Å². The molecule has 0 N–H and O–H groups in total. The zero-order valence-corrected chi connectivity index (χ0v) is 15.0. The summed E-state index contributed by atoms with van der Waals surface area (Å²) in [6.45, 7) is 4.76. The van der Waals surface area contributed by atoms with E-state index in [0.717, 1.165) is 38.4 Å². The fourth-order valence-corrected chi connectivity index (χ4v) is 5.94. The average molecular weight is 324 g/mol. The van der Waals surface area contributed by atoms with E-state index in [1.54, 1.807) is 16.7 Å². The average Bonchev–Trinajstić information content (AvgIpc) is 2.91. The van der Waals surface area contributed by atoms with E-state index < -0.39 is 0 Å². The summed E-state index contributed by atoms with van der Waals surface area (Å²) in [6.07, 6.45) is 14.6. The van der Waals surface area contributed by atoms with Crippen LogP contribution < -0.4 is 0 Å². The highest BCUT2D eigenvalue weighted by Crippen LogP contribution is 2.60. The summed E-state index contributed by atoms with van der Waals surface area (Å²) < 4.78 is 0. The highest BCUT2D eigenvalue weighted by molar-refractivity contribution is 5.92. The number of ketones is 1. The number of carbonyl (C=O) groups is 2. The third kappa shape index (κ3) is 2.22. The Hall–Kier alpha value is -1.44. The Kier molecular flexibility index (Phi) is 3.71. The van der Waals surface area contributed by atoms with Crippen LogP contribution in [-0.2, 0) is 9.59 Å². The maximum Gasteiger partial charge on any atom is 0.155 e. The molecule has 0 heterocycles. The second-order valence-electron chi connectivity index (χ2n) is 8.74. The lowest BCUT2D eigenvalue weighted by Gasteiger charge is -2.47. The number of fused-ring (bicyclic) bond motifs is 4. The molecule has 4 aliphatic rings. The molecule has 0 aromatic heterocycles. The fourth-order valence-electron chi connectivity index (χ4n) is 5.94. The van der Waals surface area contributed by atoms with Gasteiger partial charge in [-0.15, -0.1) is 0 Å². The molecular weight excluding hydrogens is 296 g/mol. The molecule has 0 amide bonds. The third-order valence-corrected chi connectivity index (χ3v) is 7.46. The highest BCUT2D eigenvalue weighted by Gasteiger charge is 2.48. The lowest BCUT2D eigenvalue weighted by Crippen LogP contribution is -2.36. The van der Waals surface area contributed by atoms with Crippen molar-refractivity contribution in [2.45, 2.75) is 71.6 Å². The summed E-state index contributed by atoms with van der Waals surface area (Å²) >= 11 is 0. The minimum Gasteiger partial charge on any atom is -0.303 e. The minimum absolute atomic E-state index is 0.134. The molecule has 0 bridgehead atoms. The Balaban J connectivity index is 1.69. The number of allylic oxidation sites excluding steroid dienone is 6. The molecule has 0 saturated carbocycles. The second-order valence-corrected chi connectivity index (χ2v) is 8.74. The van der Waals surface area contributed by atoms with Crippen LogP contribution in [0, 0.1) is 16.7 Å². The van der Waals surface area contributed by atoms with Crippen LogP contribution in [0.1, 0.15) is 71.6 Å². The standard InChI is InChI=1S/C22H28O2/c1-21(10-3-13-23)11-9-18-17-5-4-15-14-16(24)8-12-22(15,2)20(17)7-6-19(18)21/h9,13-14,19H,3-8,10-12H2,1-2H3/t19?,21-,22?/m1/s1. The minimum atomic E-state index is 0.134. The topological polar surface area (TPSA) is 34.1 Å². The van der Waals surface area contributed by atoms with E-state index in [9.17, 15) is 9.59 Å². The normalized spacial score (nSPS) is 38.1. The molecule has 0 fully saturated rings. The maximum atomic E-state index is 11.9. The monoisotopic (exact) mass is 324 g/mol. The van der Waals surface area contributed by atoms with E-state index in [0.29, 0.717) is 24.5 Å². The molecule has 0 aliphatic heterocycles. The van der Waals surface area contributed by atoms with Crippen LogP contribution in [0.15, 0.2) is 34.4 Å². The summed E-state index contributed by atoms with van der Waals surface area (Å²) in [5.74, 6) is 0.956. The molecule has 2 nitrogen and oxygen atoms in total. The van der Waals surface area contributed by atoms with Crippen LogP contribution >= 0.6 is 0 Å². The molecule has 3 atom stereocenters. The van der Waals surface area contributed by atoms with Crippen molar-refractivity contribution in [1.82, 2.24) is 0 Å². The highest BCUT2D eigenvalue weighted by atomic mass is 16.1. The first-order valence-electron chi connectivity index (χ1n) is 9.58. The number of aldehydes is 1. The SMILES string of the molecule is CC12CCC(=O)C=C1CCC1=C2CCC2C1=CC[C@@]2(C)CCC=O. The molecule has 0 radical (unpaired) electrons. The van der Waals surface area contributed by atoms with Gasteiger partial charge in [-0.3, -0.25) is 4.79 Å². The molecule has 0 spiro atoms. The summed E-state index contributed by atoms with van der Waals surface area (Å²) in [5.41, 5.74) is 6.65. The Morgan fingerprint density at radius 2 is 2.04 bits per heavy atom. The van der Waals surface area contributed by atoms with E-state index in [4.69, 9.17) is 0 Å². The van der Waals surface area contributed by atoms with Gasteiger partial charge in [0, 0.05) is 18.3 Å². The largest absolute Gasteiger partial charge is 0.303 e. The van der Waals surface area contributed by atoms with Crippen molar-refractivity contribution < 1.29 is 9.59 Å². The molecule has 4 rings (SSSR count). The number of hydrogen-bond donors (Lipinski definition) is 0. The number of hydrogen-bond acceptors (Lipinski definition) is 2. The summed E-state index contributed by atoms with van der Waals surface area (Å²) in [6, 6.07) is 0. The molecule has 0 aromatic rings. The van der Waals surface area contributed by atoms with Gasteiger partial charge in [0.2, 0.25) is 0 Å². The van der Waals surface area contributed by atoms with E-state index in [1.807, 2.05) is 6.08 Å². The van der Waals surface area contributed by atoms with Crippen LogP contribution in [0.3, 0.4) is 0 Å². The van der Waals surface area contributed by atoms with Crippen molar-refractivity contribution >= 4 is 12.1 Å². The van der Waals surface area contributed by atoms with Gasteiger partial charge in [0.25, 0.3) is 0 Å². The molecule has 2 unspecified atom stereocenters. The van der Waals surface area contributed by atoms with E-state index >= 15 is 0 Å². The number of carbonyl (C=O) groups excluding carboxylic acids is 2. The van der Waals surface area contributed by atoms with Crippen molar-refractivity contribution in [2.75, 3.05) is 0 Å². The van der Waals surface area contributed by atoms with Gasteiger partial charge >= 0.3 is 0 Å². The second kappa shape index (κ2) is 5.54. The predicted molar refractivity (Wildman–Crippen MR) is 95.5 cm³/mol. The van der Waals surface area contributed by atoms with Crippen LogP contribution in [0.5, 0.6) is 0 Å². The lowest BCUT2D eigenvalue weighted by molar-refractivity contribution is -0.115. The Morgan fingerprint density at radius 1 is 1.21 bits per heavy atom. The fraction of sp³-hybridized carbons (Fsp3) is 0.636. The first-order valence-corrected chi connectivity index (χ1v) is 9.58. The smallest absolute Gasteiger partial charge is 0.155 e. The van der Waals surface area contributed by atoms with Gasteiger partial charge in [0.15, 0.2) is 5.78 Å². The quantitative estimate of drug-likeness (QED) is 0.677. The first kappa shape index (κ1) is 16.1. The Bertz CT molecular complexity index is 693. The van der Waals surface area contributed by atoms with Gasteiger partial charge < -0.3 is 4.79 Å². The zero-order chi connectivity index (χ0) is 16.9. The van der Waals surface area contributed by atoms with Crippen LogP contribution in [0.4, 0.5) is 0 Å². The van der Waals surface area contributed by atoms with Crippen molar-refractivity contribution in [3.05, 3.63) is 34.4 Å². The van der Waals surface area contributed by atoms with E-state index in [2.05, 4.69) is 19.9 Å². The summed E-state index contributed by atoms with van der Waals surface area (Å²) in [7, 11) is 0. The van der Waals surface area contributed by atoms with Crippen LogP contribution in [0.25, 0.3) is 0 Å². The molecule has 4 aliphatic carbocycles. The van der Waals surface area contributed by atoms with Crippen molar-refractivity contribution in [2.24, 2.45) is 16.7 Å². The molecule has 128 valence electrons.